The standard InChI is InChI=1S/C39H26/c1-39(2)35-21-27-7-4-3-6-26(27)19-33(35)34-20-28-12-13-29(18-30(28)22-36(34)39)31-16-14-25-11-10-23-8-5-9-24-15-17-32(31)38(25)37(23)24/h3-22H,1-2H3. The molecule has 0 heterocycles. The third-order valence-corrected chi connectivity index (χ3v) is 9.34. The van der Waals surface area contributed by atoms with Crippen molar-refractivity contribution in [2.45, 2.75) is 19.3 Å². The van der Waals surface area contributed by atoms with Gasteiger partial charge in [-0.15, -0.1) is 0 Å². The molecule has 0 fully saturated rings. The van der Waals surface area contributed by atoms with Crippen LogP contribution in [-0.4, -0.2) is 0 Å². The van der Waals surface area contributed by atoms with Crippen LogP contribution in [0.25, 0.3) is 76.1 Å². The van der Waals surface area contributed by atoms with Crippen molar-refractivity contribution >= 4 is 53.9 Å². The minimum absolute atomic E-state index is 0.0358. The third kappa shape index (κ3) is 2.79. The molecular formula is C39H26. The van der Waals surface area contributed by atoms with E-state index < -0.39 is 0 Å². The maximum atomic E-state index is 2.45. The quantitative estimate of drug-likeness (QED) is 0.199. The summed E-state index contributed by atoms with van der Waals surface area (Å²) in [7, 11) is 0. The molecule has 39 heavy (non-hydrogen) atoms. The minimum Gasteiger partial charge on any atom is -0.0616 e. The van der Waals surface area contributed by atoms with E-state index in [1.54, 1.807) is 0 Å². The molecule has 8 aromatic carbocycles. The topological polar surface area (TPSA) is 0 Å². The van der Waals surface area contributed by atoms with E-state index in [0.717, 1.165) is 0 Å². The molecule has 182 valence electrons. The smallest absolute Gasteiger partial charge is 0.0159 e. The first-order valence-electron chi connectivity index (χ1n) is 13.9. The number of hydrogen-bond acceptors (Lipinski definition) is 0. The lowest BCUT2D eigenvalue weighted by Crippen LogP contribution is -2.14. The minimum atomic E-state index is -0.0358. The predicted molar refractivity (Wildman–Crippen MR) is 168 cm³/mol. The summed E-state index contributed by atoms with van der Waals surface area (Å²) in [5.41, 5.74) is 8.16. The second-order valence-electron chi connectivity index (χ2n) is 11.8. The van der Waals surface area contributed by atoms with Crippen molar-refractivity contribution < 1.29 is 0 Å². The van der Waals surface area contributed by atoms with Gasteiger partial charge in [0.2, 0.25) is 0 Å². The maximum absolute atomic E-state index is 2.45. The fourth-order valence-corrected chi connectivity index (χ4v) is 7.32. The molecule has 0 atom stereocenters. The highest BCUT2D eigenvalue weighted by Gasteiger charge is 2.36. The largest absolute Gasteiger partial charge is 0.0616 e. The van der Waals surface area contributed by atoms with Crippen LogP contribution in [0.1, 0.15) is 25.0 Å². The van der Waals surface area contributed by atoms with Gasteiger partial charge in [0.15, 0.2) is 0 Å². The Bertz CT molecular complexity index is 2280. The highest BCUT2D eigenvalue weighted by Crippen LogP contribution is 2.51. The van der Waals surface area contributed by atoms with E-state index in [4.69, 9.17) is 0 Å². The lowest BCUT2D eigenvalue weighted by atomic mass is 9.81. The summed E-state index contributed by atoms with van der Waals surface area (Å²) in [5.74, 6) is 0. The van der Waals surface area contributed by atoms with Crippen molar-refractivity contribution in [3.05, 3.63) is 132 Å². The maximum Gasteiger partial charge on any atom is 0.0159 e. The Balaban J connectivity index is 1.27. The van der Waals surface area contributed by atoms with Crippen molar-refractivity contribution in [2.24, 2.45) is 0 Å². The van der Waals surface area contributed by atoms with E-state index in [-0.39, 0.29) is 5.41 Å². The van der Waals surface area contributed by atoms with Crippen LogP contribution in [0.5, 0.6) is 0 Å². The van der Waals surface area contributed by atoms with E-state index in [9.17, 15) is 0 Å². The molecule has 0 N–H and O–H groups in total. The lowest BCUT2D eigenvalue weighted by molar-refractivity contribution is 0.662. The first kappa shape index (κ1) is 21.3. The third-order valence-electron chi connectivity index (χ3n) is 9.34. The number of rotatable bonds is 1. The van der Waals surface area contributed by atoms with Crippen LogP contribution < -0.4 is 0 Å². The number of fused-ring (bicyclic) bond motifs is 5. The van der Waals surface area contributed by atoms with Gasteiger partial charge in [-0.2, -0.15) is 0 Å². The van der Waals surface area contributed by atoms with Crippen LogP contribution in [0.3, 0.4) is 0 Å². The van der Waals surface area contributed by atoms with Crippen LogP contribution in [0.4, 0.5) is 0 Å². The fourth-order valence-electron chi connectivity index (χ4n) is 7.32. The van der Waals surface area contributed by atoms with Gasteiger partial charge in [-0.05, 0) is 118 Å². The summed E-state index contributed by atoms with van der Waals surface area (Å²) in [5, 5.41) is 13.2. The van der Waals surface area contributed by atoms with Crippen LogP contribution in [0.15, 0.2) is 121 Å². The van der Waals surface area contributed by atoms with Crippen LogP contribution in [0, 0.1) is 0 Å². The fraction of sp³-hybridized carbons (Fsp3) is 0.0769. The first-order valence-corrected chi connectivity index (χ1v) is 13.9. The zero-order chi connectivity index (χ0) is 25.9. The molecule has 0 nitrogen and oxygen atoms in total. The van der Waals surface area contributed by atoms with E-state index in [0.29, 0.717) is 0 Å². The Morgan fingerprint density at radius 2 is 0.923 bits per heavy atom. The Morgan fingerprint density at radius 1 is 0.385 bits per heavy atom. The summed E-state index contributed by atoms with van der Waals surface area (Å²) in [4.78, 5) is 0. The van der Waals surface area contributed by atoms with Gasteiger partial charge >= 0.3 is 0 Å². The van der Waals surface area contributed by atoms with Crippen molar-refractivity contribution in [1.29, 1.82) is 0 Å². The van der Waals surface area contributed by atoms with Crippen molar-refractivity contribution in [1.82, 2.24) is 0 Å². The Hall–Kier alpha value is -4.68. The van der Waals surface area contributed by atoms with Crippen molar-refractivity contribution in [3.63, 3.8) is 0 Å². The highest BCUT2D eigenvalue weighted by atomic mass is 14.4. The lowest BCUT2D eigenvalue weighted by Gasteiger charge is -2.22. The highest BCUT2D eigenvalue weighted by molar-refractivity contribution is 6.25. The molecular weight excluding hydrogens is 468 g/mol. The van der Waals surface area contributed by atoms with Gasteiger partial charge in [0.1, 0.15) is 0 Å². The molecule has 1 aliphatic rings. The normalized spacial score (nSPS) is 14.1. The molecule has 0 bridgehead atoms. The SMILES string of the molecule is CC1(C)c2cc3ccccc3cc2-c2cc3ccc(-c4ccc5ccc6cccc7ccc4c5c67)cc3cc21. The second kappa shape index (κ2) is 7.24. The van der Waals surface area contributed by atoms with Crippen molar-refractivity contribution in [3.8, 4) is 22.3 Å². The monoisotopic (exact) mass is 494 g/mol. The molecule has 0 saturated heterocycles. The van der Waals surface area contributed by atoms with E-state index in [1.165, 1.54) is 87.2 Å². The number of benzene rings is 8. The molecule has 0 saturated carbocycles. The van der Waals surface area contributed by atoms with Gasteiger partial charge in [-0.1, -0.05) is 105 Å². The van der Waals surface area contributed by atoms with Crippen LogP contribution in [-0.2, 0) is 5.41 Å². The van der Waals surface area contributed by atoms with E-state index >= 15 is 0 Å². The molecule has 8 aromatic rings. The van der Waals surface area contributed by atoms with Gasteiger partial charge < -0.3 is 0 Å². The van der Waals surface area contributed by atoms with E-state index in [1.807, 2.05) is 0 Å². The van der Waals surface area contributed by atoms with Gasteiger partial charge in [-0.3, -0.25) is 0 Å². The average molecular weight is 495 g/mol. The summed E-state index contributed by atoms with van der Waals surface area (Å²) < 4.78 is 0. The zero-order valence-electron chi connectivity index (χ0n) is 22.0. The average Bonchev–Trinajstić information content (AvgIpc) is 3.18. The van der Waals surface area contributed by atoms with Gasteiger partial charge in [-0.25, -0.2) is 0 Å². The summed E-state index contributed by atoms with van der Waals surface area (Å²) in [6, 6.07) is 45.8. The number of hydrogen-bond donors (Lipinski definition) is 0. The molecule has 0 aromatic heterocycles. The van der Waals surface area contributed by atoms with Gasteiger partial charge in [0, 0.05) is 5.41 Å². The first-order chi connectivity index (χ1) is 19.1. The molecule has 0 unspecified atom stereocenters. The second-order valence-corrected chi connectivity index (χ2v) is 11.8. The van der Waals surface area contributed by atoms with Crippen LogP contribution in [0.2, 0.25) is 0 Å². The Kier molecular flexibility index (Phi) is 3.95. The molecule has 0 radical (unpaired) electrons. The molecule has 0 spiro atoms. The van der Waals surface area contributed by atoms with Crippen LogP contribution >= 0.6 is 0 Å². The Labute approximate surface area is 227 Å². The van der Waals surface area contributed by atoms with E-state index in [2.05, 4.69) is 135 Å². The molecule has 1 aliphatic carbocycles. The summed E-state index contributed by atoms with van der Waals surface area (Å²) in [6.07, 6.45) is 0. The molecule has 0 heteroatoms. The molecule has 0 amide bonds. The van der Waals surface area contributed by atoms with Crippen molar-refractivity contribution in [2.75, 3.05) is 0 Å². The molecule has 0 aliphatic heterocycles. The summed E-state index contributed by atoms with van der Waals surface area (Å²) >= 11 is 0. The van der Waals surface area contributed by atoms with Gasteiger partial charge in [0.25, 0.3) is 0 Å². The van der Waals surface area contributed by atoms with Gasteiger partial charge in [0.05, 0.1) is 0 Å². The predicted octanol–water partition coefficient (Wildman–Crippen LogP) is 10.9. The zero-order valence-corrected chi connectivity index (χ0v) is 22.0. The summed E-state index contributed by atoms with van der Waals surface area (Å²) in [6.45, 7) is 4.76. The molecule has 9 rings (SSSR count). The Morgan fingerprint density at radius 3 is 1.67 bits per heavy atom.